The average Bonchev–Trinajstić information content (AvgIpc) is 3.25. The number of ether oxygens (including phenoxy) is 1. The molecule has 2 aromatic rings. The Labute approximate surface area is 196 Å². The van der Waals surface area contributed by atoms with Crippen LogP contribution in [0.1, 0.15) is 61.8 Å². The van der Waals surface area contributed by atoms with Crippen LogP contribution in [-0.2, 0) is 22.5 Å². The molecule has 7 nitrogen and oxygen atoms in total. The molecule has 2 aliphatic rings. The molecule has 1 aromatic carbocycles. The first-order valence-corrected chi connectivity index (χ1v) is 12.1. The molecule has 2 fully saturated rings. The quantitative estimate of drug-likeness (QED) is 0.635. The Morgan fingerprint density at radius 2 is 2.09 bits per heavy atom. The van der Waals surface area contributed by atoms with Crippen LogP contribution in [0.25, 0.3) is 0 Å². The van der Waals surface area contributed by atoms with Crippen LogP contribution in [0.4, 0.5) is 0 Å². The Morgan fingerprint density at radius 1 is 1.30 bits per heavy atom. The molecule has 0 radical (unpaired) electrons. The van der Waals surface area contributed by atoms with Crippen molar-refractivity contribution in [1.29, 1.82) is 0 Å². The van der Waals surface area contributed by atoms with Crippen LogP contribution in [0.5, 0.6) is 0 Å². The Morgan fingerprint density at radius 3 is 2.82 bits per heavy atom. The van der Waals surface area contributed by atoms with E-state index in [9.17, 15) is 9.59 Å². The van der Waals surface area contributed by atoms with E-state index in [1.54, 1.807) is 11.0 Å². The molecule has 3 heterocycles. The van der Waals surface area contributed by atoms with E-state index in [0.717, 1.165) is 30.5 Å². The van der Waals surface area contributed by atoms with Crippen LogP contribution < -0.4 is 0 Å². The van der Waals surface area contributed by atoms with Gasteiger partial charge in [-0.1, -0.05) is 49.3 Å². The van der Waals surface area contributed by atoms with Crippen molar-refractivity contribution in [3.63, 3.8) is 0 Å². The highest BCUT2D eigenvalue weighted by Crippen LogP contribution is 2.41. The molecule has 2 amide bonds. The number of likely N-dealkylation sites (tertiary alicyclic amines) is 2. The van der Waals surface area contributed by atoms with Crippen LogP contribution in [-0.4, -0.2) is 59.1 Å². The van der Waals surface area contributed by atoms with Crippen molar-refractivity contribution in [2.45, 2.75) is 59.1 Å². The first kappa shape index (κ1) is 23.5. The minimum atomic E-state index is -0.623. The lowest BCUT2D eigenvalue weighted by atomic mass is 9.72. The smallest absolute Gasteiger partial charge is 0.292 e. The molecule has 1 spiro atoms. The summed E-state index contributed by atoms with van der Waals surface area (Å²) in [5.74, 6) is 0.631. The third-order valence-electron chi connectivity index (χ3n) is 6.65. The molecule has 1 aromatic heterocycles. The highest BCUT2D eigenvalue weighted by Gasteiger charge is 2.50. The van der Waals surface area contributed by atoms with Gasteiger partial charge in [-0.05, 0) is 44.1 Å². The van der Waals surface area contributed by atoms with Crippen molar-refractivity contribution in [2.24, 2.45) is 11.3 Å². The highest BCUT2D eigenvalue weighted by molar-refractivity contribution is 5.92. The van der Waals surface area contributed by atoms with Crippen LogP contribution in [0.3, 0.4) is 0 Å². The van der Waals surface area contributed by atoms with Gasteiger partial charge in [-0.2, -0.15) is 0 Å². The van der Waals surface area contributed by atoms with Gasteiger partial charge in [0.25, 0.3) is 5.91 Å². The summed E-state index contributed by atoms with van der Waals surface area (Å²) in [5.41, 5.74) is 1.27. The summed E-state index contributed by atoms with van der Waals surface area (Å²) in [6, 6.07) is 11.8. The summed E-state index contributed by atoms with van der Waals surface area (Å²) in [6.45, 7) is 8.95. The number of hydrogen-bond donors (Lipinski definition) is 0. The molecule has 0 unspecified atom stereocenters. The van der Waals surface area contributed by atoms with Gasteiger partial charge in [0.1, 0.15) is 0 Å². The summed E-state index contributed by atoms with van der Waals surface area (Å²) in [6.07, 6.45) is 2.92. The van der Waals surface area contributed by atoms with Gasteiger partial charge in [-0.15, -0.1) is 0 Å². The number of piperidine rings is 2. The maximum absolute atomic E-state index is 13.8. The number of aromatic nitrogens is 1. The standard InChI is InChI=1S/C26H35N3O4/c1-4-32-22-15-26(25(31)29(17-22)16-20-9-6-5-7-10-20)11-8-12-28(18-26)24(30)23-14-21(27-33-23)13-19(2)3/h5-7,9-10,14,19,22H,4,8,11-13,15-18H2,1-3H3/t22-,26-/m0/s1. The van der Waals surface area contributed by atoms with E-state index in [1.165, 1.54) is 0 Å². The number of nitrogens with zero attached hydrogens (tertiary/aromatic N) is 3. The molecule has 4 rings (SSSR count). The predicted molar refractivity (Wildman–Crippen MR) is 125 cm³/mol. The summed E-state index contributed by atoms with van der Waals surface area (Å²) in [7, 11) is 0. The van der Waals surface area contributed by atoms with Crippen molar-refractivity contribution < 1.29 is 18.8 Å². The van der Waals surface area contributed by atoms with Gasteiger partial charge in [0, 0.05) is 38.9 Å². The minimum Gasteiger partial charge on any atom is -0.377 e. The summed E-state index contributed by atoms with van der Waals surface area (Å²) in [5, 5.41) is 4.07. The molecule has 7 heteroatoms. The SMILES string of the molecule is CCO[C@@H]1CN(Cc2ccccc2)C(=O)[C@@]2(CCCN(C(=O)c3cc(CC(C)C)no3)C2)C1. The van der Waals surface area contributed by atoms with Gasteiger partial charge in [-0.25, -0.2) is 0 Å². The van der Waals surface area contributed by atoms with Gasteiger partial charge in [-0.3, -0.25) is 9.59 Å². The number of amides is 2. The zero-order chi connectivity index (χ0) is 23.4. The normalized spacial score (nSPS) is 23.5. The van der Waals surface area contributed by atoms with Gasteiger partial charge >= 0.3 is 0 Å². The molecule has 0 aliphatic carbocycles. The molecular weight excluding hydrogens is 418 g/mol. The van der Waals surface area contributed by atoms with Gasteiger partial charge in [0.05, 0.1) is 17.2 Å². The van der Waals surface area contributed by atoms with Gasteiger partial charge < -0.3 is 19.1 Å². The van der Waals surface area contributed by atoms with E-state index in [-0.39, 0.29) is 23.7 Å². The summed E-state index contributed by atoms with van der Waals surface area (Å²) in [4.78, 5) is 30.7. The number of carbonyl (C=O) groups excluding carboxylic acids is 2. The minimum absolute atomic E-state index is 0.0330. The zero-order valence-corrected chi connectivity index (χ0v) is 20.0. The van der Waals surface area contributed by atoms with Crippen LogP contribution >= 0.6 is 0 Å². The fraction of sp³-hybridized carbons (Fsp3) is 0.577. The molecule has 0 bridgehead atoms. The van der Waals surface area contributed by atoms with Crippen LogP contribution in [0.15, 0.2) is 40.9 Å². The number of carbonyl (C=O) groups is 2. The van der Waals surface area contributed by atoms with Crippen molar-refractivity contribution in [3.8, 4) is 0 Å². The Kier molecular flexibility index (Phi) is 7.17. The summed E-state index contributed by atoms with van der Waals surface area (Å²) < 4.78 is 11.4. The van der Waals surface area contributed by atoms with Gasteiger partial charge in [0.2, 0.25) is 11.7 Å². The molecular formula is C26H35N3O4. The Hall–Kier alpha value is -2.67. The second-order valence-corrected chi connectivity index (χ2v) is 9.84. The fourth-order valence-corrected chi connectivity index (χ4v) is 5.27. The van der Waals surface area contributed by atoms with E-state index in [2.05, 4.69) is 19.0 Å². The van der Waals surface area contributed by atoms with Crippen LogP contribution in [0.2, 0.25) is 0 Å². The van der Waals surface area contributed by atoms with Crippen molar-refractivity contribution in [2.75, 3.05) is 26.2 Å². The van der Waals surface area contributed by atoms with E-state index in [0.29, 0.717) is 45.1 Å². The third-order valence-corrected chi connectivity index (χ3v) is 6.65. The highest BCUT2D eigenvalue weighted by atomic mass is 16.5. The zero-order valence-electron chi connectivity index (χ0n) is 20.0. The predicted octanol–water partition coefficient (Wildman–Crippen LogP) is 3.93. The Balaban J connectivity index is 1.53. The largest absolute Gasteiger partial charge is 0.377 e. The maximum Gasteiger partial charge on any atom is 0.292 e. The van der Waals surface area contributed by atoms with Crippen LogP contribution in [0, 0.1) is 11.3 Å². The summed E-state index contributed by atoms with van der Waals surface area (Å²) >= 11 is 0. The molecule has 0 N–H and O–H groups in total. The van der Waals surface area contributed by atoms with E-state index in [4.69, 9.17) is 9.26 Å². The van der Waals surface area contributed by atoms with Crippen molar-refractivity contribution >= 4 is 11.8 Å². The lowest BCUT2D eigenvalue weighted by Gasteiger charge is -2.49. The van der Waals surface area contributed by atoms with Crippen molar-refractivity contribution in [1.82, 2.24) is 15.0 Å². The molecule has 33 heavy (non-hydrogen) atoms. The monoisotopic (exact) mass is 453 g/mol. The number of benzene rings is 1. The fourth-order valence-electron chi connectivity index (χ4n) is 5.27. The maximum atomic E-state index is 13.8. The molecule has 2 atom stereocenters. The number of hydrogen-bond acceptors (Lipinski definition) is 5. The molecule has 178 valence electrons. The van der Waals surface area contributed by atoms with E-state index in [1.807, 2.05) is 42.2 Å². The lowest BCUT2D eigenvalue weighted by molar-refractivity contribution is -0.159. The lowest BCUT2D eigenvalue weighted by Crippen LogP contribution is -2.60. The second kappa shape index (κ2) is 10.1. The van der Waals surface area contributed by atoms with Gasteiger partial charge in [0.15, 0.2) is 0 Å². The molecule has 0 saturated carbocycles. The number of rotatable bonds is 7. The third kappa shape index (κ3) is 5.29. The topological polar surface area (TPSA) is 75.9 Å². The Bertz CT molecular complexity index is 957. The first-order chi connectivity index (χ1) is 15.9. The van der Waals surface area contributed by atoms with Crippen molar-refractivity contribution in [3.05, 3.63) is 53.4 Å². The second-order valence-electron chi connectivity index (χ2n) is 9.84. The first-order valence-electron chi connectivity index (χ1n) is 12.1. The average molecular weight is 454 g/mol. The molecule has 2 aliphatic heterocycles. The van der Waals surface area contributed by atoms with E-state index >= 15 is 0 Å². The van der Waals surface area contributed by atoms with E-state index < -0.39 is 5.41 Å². The molecule has 2 saturated heterocycles.